The number of carbonyl (C=O) groups is 2. The third-order valence-electron chi connectivity index (χ3n) is 3.48. The van der Waals surface area contributed by atoms with E-state index in [1.54, 1.807) is 14.1 Å². The molecule has 26 heavy (non-hydrogen) atoms. The molecule has 1 fully saturated rings. The van der Waals surface area contributed by atoms with Crippen LogP contribution in [-0.4, -0.2) is 81.4 Å². The van der Waals surface area contributed by atoms with E-state index in [4.69, 9.17) is 9.47 Å². The summed E-state index contributed by atoms with van der Waals surface area (Å²) in [6.07, 6.45) is 1.77. The molecular formula is C17H33N5O4. The molecule has 0 bridgehead atoms. The van der Waals surface area contributed by atoms with Gasteiger partial charge < -0.3 is 30.3 Å². The van der Waals surface area contributed by atoms with Crippen molar-refractivity contribution in [3.05, 3.63) is 0 Å². The fourth-order valence-corrected chi connectivity index (χ4v) is 2.14. The van der Waals surface area contributed by atoms with Gasteiger partial charge in [-0.1, -0.05) is 0 Å². The summed E-state index contributed by atoms with van der Waals surface area (Å²) in [5, 5.41) is 8.95. The lowest BCUT2D eigenvalue weighted by Gasteiger charge is -2.20. The van der Waals surface area contributed by atoms with E-state index in [1.165, 1.54) is 4.90 Å². The summed E-state index contributed by atoms with van der Waals surface area (Å²) in [7, 11) is 3.38. The second kappa shape index (κ2) is 10.8. The maximum atomic E-state index is 11.7. The minimum absolute atomic E-state index is 0.0490. The number of hydrogen-bond acceptors (Lipinski definition) is 5. The molecule has 1 rings (SSSR count). The van der Waals surface area contributed by atoms with Crippen LogP contribution >= 0.6 is 0 Å². The number of hydrogen-bond donors (Lipinski definition) is 3. The van der Waals surface area contributed by atoms with Crippen molar-refractivity contribution in [1.29, 1.82) is 0 Å². The van der Waals surface area contributed by atoms with E-state index in [9.17, 15) is 9.59 Å². The number of nitrogens with one attached hydrogen (secondary N) is 3. The summed E-state index contributed by atoms with van der Waals surface area (Å²) in [6.45, 7) is 7.72. The van der Waals surface area contributed by atoms with Crippen molar-refractivity contribution in [3.63, 3.8) is 0 Å². The van der Waals surface area contributed by atoms with Crippen molar-refractivity contribution in [1.82, 2.24) is 20.9 Å². The normalized spacial score (nSPS) is 17.6. The Morgan fingerprint density at radius 1 is 1.19 bits per heavy atom. The molecule has 3 N–H and O–H groups in total. The van der Waals surface area contributed by atoms with Crippen LogP contribution in [0.5, 0.6) is 0 Å². The Morgan fingerprint density at radius 3 is 2.46 bits per heavy atom. The molecule has 0 saturated carbocycles. The van der Waals surface area contributed by atoms with E-state index < -0.39 is 11.7 Å². The molecule has 1 heterocycles. The van der Waals surface area contributed by atoms with Crippen LogP contribution < -0.4 is 16.0 Å². The number of likely N-dealkylation sites (N-methyl/N-ethyl adjacent to an activating group) is 1. The molecule has 9 heteroatoms. The van der Waals surface area contributed by atoms with Crippen molar-refractivity contribution in [2.75, 3.05) is 46.9 Å². The largest absolute Gasteiger partial charge is 0.444 e. The minimum atomic E-state index is -0.528. The molecule has 9 nitrogen and oxygen atoms in total. The van der Waals surface area contributed by atoms with Crippen molar-refractivity contribution in [3.8, 4) is 0 Å². The Morgan fingerprint density at radius 2 is 1.88 bits per heavy atom. The fourth-order valence-electron chi connectivity index (χ4n) is 2.14. The van der Waals surface area contributed by atoms with Crippen LogP contribution in [0.2, 0.25) is 0 Å². The highest BCUT2D eigenvalue weighted by Gasteiger charge is 2.17. The first-order chi connectivity index (χ1) is 12.2. The quantitative estimate of drug-likeness (QED) is 0.338. The Bertz CT molecular complexity index is 482. The zero-order valence-corrected chi connectivity index (χ0v) is 16.6. The average molecular weight is 371 g/mol. The number of rotatable bonds is 7. The third kappa shape index (κ3) is 10.1. The van der Waals surface area contributed by atoms with Gasteiger partial charge in [-0.05, 0) is 33.6 Å². The standard InChI is InChI=1S/C17H33N5O4/c1-17(2,3)26-16(24)19-9-8-18-15(21-12-14(23)22(4)5)20-11-13-7-6-10-25-13/h13H,6-12H2,1-5H3,(H,19,24)(H2,18,20,21). The van der Waals surface area contributed by atoms with Gasteiger partial charge >= 0.3 is 6.09 Å². The molecule has 1 atom stereocenters. The van der Waals surface area contributed by atoms with Gasteiger partial charge in [-0.3, -0.25) is 4.79 Å². The minimum Gasteiger partial charge on any atom is -0.444 e. The van der Waals surface area contributed by atoms with Crippen molar-refractivity contribution in [2.45, 2.75) is 45.3 Å². The molecule has 0 spiro atoms. The lowest BCUT2D eigenvalue weighted by atomic mass is 10.2. The Balaban J connectivity index is 2.41. The van der Waals surface area contributed by atoms with E-state index in [1.807, 2.05) is 20.8 Å². The highest BCUT2D eigenvalue weighted by atomic mass is 16.6. The van der Waals surface area contributed by atoms with Gasteiger partial charge in [0.2, 0.25) is 5.91 Å². The van der Waals surface area contributed by atoms with Crippen LogP contribution in [0.15, 0.2) is 4.99 Å². The Labute approximate surface area is 155 Å². The van der Waals surface area contributed by atoms with E-state index in [-0.39, 0.29) is 18.6 Å². The summed E-state index contributed by atoms with van der Waals surface area (Å²) in [5.74, 6) is 0.428. The van der Waals surface area contributed by atoms with Gasteiger partial charge in [0, 0.05) is 40.3 Å². The fraction of sp³-hybridized carbons (Fsp3) is 0.824. The molecule has 2 amide bonds. The summed E-state index contributed by atoms with van der Waals surface area (Å²) in [4.78, 5) is 29.1. The number of guanidine groups is 1. The van der Waals surface area contributed by atoms with Crippen LogP contribution in [0.25, 0.3) is 0 Å². The van der Waals surface area contributed by atoms with Crippen LogP contribution in [0.1, 0.15) is 33.6 Å². The lowest BCUT2D eigenvalue weighted by molar-refractivity contribution is -0.127. The van der Waals surface area contributed by atoms with Crippen LogP contribution in [0, 0.1) is 0 Å². The predicted molar refractivity (Wildman–Crippen MR) is 100 cm³/mol. The van der Waals surface area contributed by atoms with Crippen molar-refractivity contribution < 1.29 is 19.1 Å². The number of nitrogens with zero attached hydrogens (tertiary/aromatic N) is 2. The van der Waals surface area contributed by atoms with Crippen LogP contribution in [-0.2, 0) is 14.3 Å². The topological polar surface area (TPSA) is 104 Å². The highest BCUT2D eigenvalue weighted by molar-refractivity contribution is 5.84. The summed E-state index contributed by atoms with van der Waals surface area (Å²) < 4.78 is 10.8. The number of carbonyl (C=O) groups excluding carboxylic acids is 2. The van der Waals surface area contributed by atoms with E-state index >= 15 is 0 Å². The molecule has 0 aromatic heterocycles. The van der Waals surface area contributed by atoms with E-state index in [2.05, 4.69) is 20.9 Å². The second-order valence-electron chi connectivity index (χ2n) is 7.32. The zero-order valence-electron chi connectivity index (χ0n) is 16.6. The van der Waals surface area contributed by atoms with Gasteiger partial charge in [-0.25, -0.2) is 9.79 Å². The first-order valence-corrected chi connectivity index (χ1v) is 8.98. The monoisotopic (exact) mass is 371 g/mol. The van der Waals surface area contributed by atoms with Gasteiger partial charge in [-0.15, -0.1) is 0 Å². The maximum absolute atomic E-state index is 11.7. The first-order valence-electron chi connectivity index (χ1n) is 8.98. The number of alkyl carbamates (subject to hydrolysis) is 1. The molecule has 1 aliphatic rings. The molecule has 0 radical (unpaired) electrons. The Kier molecular flexibility index (Phi) is 9.18. The first kappa shape index (κ1) is 22.0. The predicted octanol–water partition coefficient (Wildman–Crippen LogP) is 0.314. The van der Waals surface area contributed by atoms with Crippen molar-refractivity contribution >= 4 is 18.0 Å². The van der Waals surface area contributed by atoms with Gasteiger partial charge in [-0.2, -0.15) is 0 Å². The lowest BCUT2D eigenvalue weighted by Crippen LogP contribution is -2.45. The summed E-state index contributed by atoms with van der Waals surface area (Å²) >= 11 is 0. The summed E-state index contributed by atoms with van der Waals surface area (Å²) in [6, 6.07) is 0. The summed E-state index contributed by atoms with van der Waals surface area (Å²) in [5.41, 5.74) is -0.528. The second-order valence-corrected chi connectivity index (χ2v) is 7.32. The molecule has 150 valence electrons. The highest BCUT2D eigenvalue weighted by Crippen LogP contribution is 2.10. The molecule has 1 saturated heterocycles. The number of amides is 2. The Hall–Kier alpha value is -2.03. The van der Waals surface area contributed by atoms with E-state index in [0.29, 0.717) is 25.6 Å². The van der Waals surface area contributed by atoms with Crippen LogP contribution in [0.4, 0.5) is 4.79 Å². The van der Waals surface area contributed by atoms with Gasteiger partial charge in [0.05, 0.1) is 6.10 Å². The van der Waals surface area contributed by atoms with Crippen molar-refractivity contribution in [2.24, 2.45) is 4.99 Å². The number of ether oxygens (including phenoxy) is 2. The molecule has 1 aliphatic heterocycles. The molecule has 1 unspecified atom stereocenters. The SMILES string of the molecule is CN(C)C(=O)CN=C(NCCNC(=O)OC(C)(C)C)NCC1CCCO1. The number of aliphatic imine (C=N–C) groups is 1. The molecule has 0 aromatic rings. The smallest absolute Gasteiger partial charge is 0.407 e. The molecular weight excluding hydrogens is 338 g/mol. The molecule has 0 aromatic carbocycles. The van der Waals surface area contributed by atoms with E-state index in [0.717, 1.165) is 19.4 Å². The van der Waals surface area contributed by atoms with Gasteiger partial charge in [0.15, 0.2) is 5.96 Å². The van der Waals surface area contributed by atoms with Gasteiger partial charge in [0.1, 0.15) is 12.1 Å². The maximum Gasteiger partial charge on any atom is 0.407 e. The third-order valence-corrected chi connectivity index (χ3v) is 3.48. The van der Waals surface area contributed by atoms with Gasteiger partial charge in [0.25, 0.3) is 0 Å². The molecule has 0 aliphatic carbocycles. The van der Waals surface area contributed by atoms with Crippen LogP contribution in [0.3, 0.4) is 0 Å². The zero-order chi connectivity index (χ0) is 19.6. The average Bonchev–Trinajstić information content (AvgIpc) is 3.04.